The predicted octanol–water partition coefficient (Wildman–Crippen LogP) is 1.83. The molecule has 1 aromatic carbocycles. The highest BCUT2D eigenvalue weighted by Crippen LogP contribution is 2.39. The molecule has 7 nitrogen and oxygen atoms in total. The highest BCUT2D eigenvalue weighted by Gasteiger charge is 2.26. The molecule has 130 valence electrons. The number of aromatic nitrogens is 3. The third-order valence-electron chi connectivity index (χ3n) is 4.46. The molecule has 2 aromatic rings. The minimum atomic E-state index is 0.284. The second kappa shape index (κ2) is 7.09. The number of nitrogens with one attached hydrogen (secondary N) is 1. The van der Waals surface area contributed by atoms with Crippen LogP contribution in [-0.2, 0) is 13.5 Å². The molecule has 1 aliphatic rings. The van der Waals surface area contributed by atoms with Crippen molar-refractivity contribution in [3.63, 3.8) is 0 Å². The number of nitrogens with two attached hydrogens (primary N) is 1. The Morgan fingerprint density at radius 1 is 1.42 bits per heavy atom. The van der Waals surface area contributed by atoms with Gasteiger partial charge in [-0.3, -0.25) is 0 Å². The van der Waals surface area contributed by atoms with Crippen LogP contribution in [0.1, 0.15) is 30.0 Å². The molecule has 0 aliphatic heterocycles. The third kappa shape index (κ3) is 3.46. The summed E-state index contributed by atoms with van der Waals surface area (Å²) in [4.78, 5) is 6.39. The molecule has 7 heteroatoms. The molecule has 24 heavy (non-hydrogen) atoms. The topological polar surface area (TPSA) is 81.2 Å². The van der Waals surface area contributed by atoms with E-state index >= 15 is 0 Å². The van der Waals surface area contributed by atoms with Crippen molar-refractivity contribution in [3.8, 4) is 5.75 Å². The fourth-order valence-corrected chi connectivity index (χ4v) is 3.28. The highest BCUT2D eigenvalue weighted by atomic mass is 16.5. The molecule has 0 radical (unpaired) electrons. The van der Waals surface area contributed by atoms with E-state index in [0.29, 0.717) is 18.6 Å². The molecule has 0 fully saturated rings. The van der Waals surface area contributed by atoms with Gasteiger partial charge in [-0.15, -0.1) is 5.10 Å². The lowest BCUT2D eigenvalue weighted by Crippen LogP contribution is -2.17. The van der Waals surface area contributed by atoms with Gasteiger partial charge in [0.15, 0.2) is 0 Å². The Bertz CT molecular complexity index is 696. The van der Waals surface area contributed by atoms with Gasteiger partial charge in [0.1, 0.15) is 5.75 Å². The van der Waals surface area contributed by atoms with Gasteiger partial charge in [-0.2, -0.15) is 4.98 Å². The number of ether oxygens (including phenoxy) is 1. The van der Waals surface area contributed by atoms with E-state index in [2.05, 4.69) is 52.6 Å². The summed E-state index contributed by atoms with van der Waals surface area (Å²) in [5.74, 6) is 1.99. The van der Waals surface area contributed by atoms with E-state index in [9.17, 15) is 0 Å². The van der Waals surface area contributed by atoms with Crippen molar-refractivity contribution >= 4 is 11.9 Å². The average Bonchev–Trinajstić information content (AvgIpc) is 3.10. The molecule has 3 N–H and O–H groups in total. The first-order valence-electron chi connectivity index (χ1n) is 8.37. The second-order valence-electron chi connectivity index (χ2n) is 6.39. The Morgan fingerprint density at radius 2 is 2.25 bits per heavy atom. The van der Waals surface area contributed by atoms with Crippen LogP contribution in [0.3, 0.4) is 0 Å². The van der Waals surface area contributed by atoms with Crippen LogP contribution in [0.2, 0.25) is 0 Å². The maximum absolute atomic E-state index is 6.02. The molecule has 1 atom stereocenters. The Hall–Kier alpha value is -2.28. The zero-order valence-electron chi connectivity index (χ0n) is 14.6. The van der Waals surface area contributed by atoms with Crippen molar-refractivity contribution in [3.05, 3.63) is 29.3 Å². The molecule has 1 heterocycles. The number of hydrogen-bond donors (Lipinski definition) is 2. The maximum atomic E-state index is 6.02. The summed E-state index contributed by atoms with van der Waals surface area (Å²) in [6, 6.07) is 6.90. The summed E-state index contributed by atoms with van der Waals surface area (Å²) in [6.07, 6.45) is 3.14. The van der Waals surface area contributed by atoms with Crippen molar-refractivity contribution in [1.29, 1.82) is 0 Å². The molecular formula is C17H26N6O. The third-order valence-corrected chi connectivity index (χ3v) is 4.46. The number of anilines is 2. The number of nitrogen functional groups attached to an aromatic ring is 1. The first-order valence-corrected chi connectivity index (χ1v) is 8.37. The van der Waals surface area contributed by atoms with Gasteiger partial charge in [-0.1, -0.05) is 12.1 Å². The largest absolute Gasteiger partial charge is 0.493 e. The number of aryl methyl sites for hydroxylation is 1. The Morgan fingerprint density at radius 3 is 2.96 bits per heavy atom. The summed E-state index contributed by atoms with van der Waals surface area (Å²) >= 11 is 0. The van der Waals surface area contributed by atoms with Crippen LogP contribution in [0.4, 0.5) is 11.9 Å². The molecule has 0 amide bonds. The SMILES string of the molecule is CN(C)C1CCc2c(OCCCNc3nc(N)nn3C)cccc21. The number of fused-ring (bicyclic) bond motifs is 1. The first-order chi connectivity index (χ1) is 11.6. The van der Waals surface area contributed by atoms with E-state index in [-0.39, 0.29) is 5.95 Å². The van der Waals surface area contributed by atoms with Gasteiger partial charge in [0.2, 0.25) is 11.9 Å². The molecule has 1 aliphatic carbocycles. The minimum Gasteiger partial charge on any atom is -0.493 e. The van der Waals surface area contributed by atoms with Crippen LogP contribution in [0.15, 0.2) is 18.2 Å². The van der Waals surface area contributed by atoms with Crippen LogP contribution in [0.5, 0.6) is 5.75 Å². The monoisotopic (exact) mass is 330 g/mol. The molecule has 0 saturated carbocycles. The van der Waals surface area contributed by atoms with Gasteiger partial charge in [0, 0.05) is 19.6 Å². The Labute approximate surface area is 142 Å². The van der Waals surface area contributed by atoms with E-state index in [4.69, 9.17) is 10.5 Å². The van der Waals surface area contributed by atoms with E-state index in [1.807, 2.05) is 7.05 Å². The smallest absolute Gasteiger partial charge is 0.241 e. The van der Waals surface area contributed by atoms with Crippen LogP contribution in [0, 0.1) is 0 Å². The summed E-state index contributed by atoms with van der Waals surface area (Å²) < 4.78 is 7.66. The number of hydrogen-bond acceptors (Lipinski definition) is 6. The summed E-state index contributed by atoms with van der Waals surface area (Å²) in [5.41, 5.74) is 8.33. The molecule has 1 unspecified atom stereocenters. The van der Waals surface area contributed by atoms with E-state index < -0.39 is 0 Å². The molecule has 0 bridgehead atoms. The molecular weight excluding hydrogens is 304 g/mol. The van der Waals surface area contributed by atoms with Crippen LogP contribution < -0.4 is 15.8 Å². The summed E-state index contributed by atoms with van der Waals surface area (Å²) in [7, 11) is 6.09. The van der Waals surface area contributed by atoms with Crippen molar-refractivity contribution in [1.82, 2.24) is 19.7 Å². The van der Waals surface area contributed by atoms with Gasteiger partial charge < -0.3 is 20.7 Å². The second-order valence-corrected chi connectivity index (χ2v) is 6.39. The summed E-state index contributed by atoms with van der Waals surface area (Å²) in [5, 5.41) is 7.22. The normalized spacial score (nSPS) is 16.4. The van der Waals surface area contributed by atoms with Crippen molar-refractivity contribution < 1.29 is 4.74 Å². The van der Waals surface area contributed by atoms with Crippen molar-refractivity contribution in [2.24, 2.45) is 7.05 Å². The van der Waals surface area contributed by atoms with E-state index in [0.717, 1.165) is 31.6 Å². The number of nitrogens with zero attached hydrogens (tertiary/aromatic N) is 4. The van der Waals surface area contributed by atoms with Crippen LogP contribution in [0.25, 0.3) is 0 Å². The minimum absolute atomic E-state index is 0.284. The fourth-order valence-electron chi connectivity index (χ4n) is 3.28. The Kier molecular flexibility index (Phi) is 4.89. The molecule has 1 aromatic heterocycles. The standard InChI is InChI=1S/C17H26N6O/c1-22(2)14-9-8-13-12(14)6-4-7-15(13)24-11-5-10-19-17-20-16(18)21-23(17)3/h4,6-7,14H,5,8-11H2,1-3H3,(H3,18,19,20,21). The zero-order chi connectivity index (χ0) is 17.1. The molecule has 3 rings (SSSR count). The lowest BCUT2D eigenvalue weighted by molar-refractivity contribution is 0.299. The average molecular weight is 330 g/mol. The van der Waals surface area contributed by atoms with Crippen molar-refractivity contribution in [2.45, 2.75) is 25.3 Å². The highest BCUT2D eigenvalue weighted by molar-refractivity contribution is 5.45. The first kappa shape index (κ1) is 16.6. The summed E-state index contributed by atoms with van der Waals surface area (Å²) in [6.45, 7) is 1.44. The lowest BCUT2D eigenvalue weighted by Gasteiger charge is -2.20. The van der Waals surface area contributed by atoms with Gasteiger partial charge in [-0.25, -0.2) is 4.68 Å². The van der Waals surface area contributed by atoms with Gasteiger partial charge in [0.05, 0.1) is 6.61 Å². The number of benzene rings is 1. The zero-order valence-corrected chi connectivity index (χ0v) is 14.6. The van der Waals surface area contributed by atoms with Gasteiger partial charge in [-0.05, 0) is 50.6 Å². The van der Waals surface area contributed by atoms with E-state index in [1.165, 1.54) is 11.1 Å². The van der Waals surface area contributed by atoms with E-state index in [1.54, 1.807) is 4.68 Å². The molecule has 0 saturated heterocycles. The number of rotatable bonds is 7. The predicted molar refractivity (Wildman–Crippen MR) is 95.2 cm³/mol. The van der Waals surface area contributed by atoms with Crippen LogP contribution >= 0.6 is 0 Å². The maximum Gasteiger partial charge on any atom is 0.241 e. The van der Waals surface area contributed by atoms with Gasteiger partial charge in [0.25, 0.3) is 0 Å². The van der Waals surface area contributed by atoms with Crippen LogP contribution in [-0.4, -0.2) is 46.9 Å². The quantitative estimate of drug-likeness (QED) is 0.754. The molecule has 0 spiro atoms. The Balaban J connectivity index is 1.50. The fraction of sp³-hybridized carbons (Fsp3) is 0.529. The van der Waals surface area contributed by atoms with Gasteiger partial charge >= 0.3 is 0 Å². The van der Waals surface area contributed by atoms with Crippen molar-refractivity contribution in [2.75, 3.05) is 38.3 Å². The lowest BCUT2D eigenvalue weighted by atomic mass is 10.1.